The molecular formula is C23H40F3N5O2. The molecule has 0 radical (unpaired) electrons. The maximum atomic E-state index is 13.8. The van der Waals surface area contributed by atoms with Gasteiger partial charge in [-0.15, -0.1) is 0 Å². The molecule has 0 spiro atoms. The summed E-state index contributed by atoms with van der Waals surface area (Å²) >= 11 is 0. The van der Waals surface area contributed by atoms with E-state index in [-0.39, 0.29) is 24.7 Å². The van der Waals surface area contributed by atoms with E-state index in [0.717, 1.165) is 58.3 Å². The SMILES string of the molecule is NC1CC(C2CCOCC2)C2NC1C1NNC(O1)C(C(F)(F)F)CCCCC[C@@H]1CCCN21. The Bertz CT molecular complexity index is 650. The highest BCUT2D eigenvalue weighted by Gasteiger charge is 2.51. The van der Waals surface area contributed by atoms with Crippen molar-refractivity contribution in [1.29, 1.82) is 0 Å². The summed E-state index contributed by atoms with van der Waals surface area (Å²) < 4.78 is 53.1. The molecule has 0 aromatic rings. The van der Waals surface area contributed by atoms with Gasteiger partial charge in [0, 0.05) is 25.3 Å². The highest BCUT2D eigenvalue weighted by Crippen LogP contribution is 2.40. The van der Waals surface area contributed by atoms with Crippen LogP contribution in [0.1, 0.15) is 64.2 Å². The lowest BCUT2D eigenvalue weighted by Gasteiger charge is -2.50. The van der Waals surface area contributed by atoms with Gasteiger partial charge in [0.2, 0.25) is 0 Å². The summed E-state index contributed by atoms with van der Waals surface area (Å²) in [5.74, 6) is -0.547. The van der Waals surface area contributed by atoms with E-state index in [1.165, 1.54) is 12.8 Å². The molecular weight excluding hydrogens is 435 g/mol. The van der Waals surface area contributed by atoms with Gasteiger partial charge in [0.15, 0.2) is 0 Å². The Kier molecular flexibility index (Phi) is 7.52. The van der Waals surface area contributed by atoms with Gasteiger partial charge in [0.05, 0.1) is 18.1 Å². The Morgan fingerprint density at radius 3 is 2.39 bits per heavy atom. The summed E-state index contributed by atoms with van der Waals surface area (Å²) in [5, 5.41) is 3.81. The average molecular weight is 476 g/mol. The molecule has 0 aromatic carbocycles. The lowest BCUT2D eigenvalue weighted by atomic mass is 9.75. The van der Waals surface area contributed by atoms with Crippen LogP contribution in [0, 0.1) is 17.8 Å². The van der Waals surface area contributed by atoms with Crippen LogP contribution in [0.4, 0.5) is 13.2 Å². The predicted octanol–water partition coefficient (Wildman–Crippen LogP) is 2.43. The Hall–Kier alpha value is -0.490. The molecule has 5 heterocycles. The lowest BCUT2D eigenvalue weighted by Crippen LogP contribution is -2.69. The number of nitrogens with zero attached hydrogens (tertiary/aromatic N) is 1. The second kappa shape index (κ2) is 10.2. The van der Waals surface area contributed by atoms with Crippen molar-refractivity contribution in [2.75, 3.05) is 19.8 Å². The topological polar surface area (TPSA) is 83.8 Å². The van der Waals surface area contributed by atoms with Gasteiger partial charge in [-0.2, -0.15) is 13.2 Å². The molecule has 5 aliphatic heterocycles. The van der Waals surface area contributed by atoms with Crippen LogP contribution in [-0.2, 0) is 9.47 Å². The number of piperidine rings is 1. The van der Waals surface area contributed by atoms with E-state index in [9.17, 15) is 13.2 Å². The quantitative estimate of drug-likeness (QED) is 0.464. The molecule has 5 N–H and O–H groups in total. The molecule has 10 heteroatoms. The summed E-state index contributed by atoms with van der Waals surface area (Å²) in [4.78, 5) is 2.66. The molecule has 4 bridgehead atoms. The van der Waals surface area contributed by atoms with Crippen LogP contribution < -0.4 is 21.9 Å². The zero-order valence-electron chi connectivity index (χ0n) is 19.4. The van der Waals surface area contributed by atoms with E-state index in [1.54, 1.807) is 0 Å². The fraction of sp³-hybridized carbons (Fsp3) is 1.00. The third kappa shape index (κ3) is 5.22. The van der Waals surface area contributed by atoms with E-state index in [1.807, 2.05) is 0 Å². The first-order valence-electron chi connectivity index (χ1n) is 13.0. The smallest absolute Gasteiger partial charge is 0.381 e. The van der Waals surface area contributed by atoms with Crippen molar-refractivity contribution in [3.63, 3.8) is 0 Å². The van der Waals surface area contributed by atoms with Crippen molar-refractivity contribution in [2.45, 2.75) is 107 Å². The third-order valence-electron chi connectivity index (χ3n) is 8.75. The van der Waals surface area contributed by atoms with Gasteiger partial charge in [0.25, 0.3) is 0 Å². The molecule has 5 fully saturated rings. The maximum Gasteiger partial charge on any atom is 0.395 e. The van der Waals surface area contributed by atoms with Gasteiger partial charge in [-0.05, 0) is 63.3 Å². The van der Waals surface area contributed by atoms with Crippen LogP contribution in [0.25, 0.3) is 0 Å². The van der Waals surface area contributed by atoms with Crippen LogP contribution in [-0.4, -0.2) is 67.6 Å². The number of hydrogen-bond acceptors (Lipinski definition) is 7. The van der Waals surface area contributed by atoms with Crippen molar-refractivity contribution in [3.05, 3.63) is 0 Å². The Morgan fingerprint density at radius 2 is 1.61 bits per heavy atom. The molecule has 190 valence electrons. The molecule has 0 amide bonds. The van der Waals surface area contributed by atoms with Crippen LogP contribution in [0.2, 0.25) is 0 Å². The number of hydrazine groups is 1. The molecule has 0 aliphatic carbocycles. The van der Waals surface area contributed by atoms with Gasteiger partial charge in [-0.1, -0.05) is 19.3 Å². The summed E-state index contributed by atoms with van der Waals surface area (Å²) in [7, 11) is 0. The van der Waals surface area contributed by atoms with Gasteiger partial charge >= 0.3 is 6.18 Å². The molecule has 7 nitrogen and oxygen atoms in total. The number of nitrogens with one attached hydrogen (secondary N) is 3. The summed E-state index contributed by atoms with van der Waals surface area (Å²) in [6.07, 6.45) is 3.02. The van der Waals surface area contributed by atoms with Gasteiger partial charge in [-0.25, -0.2) is 10.9 Å². The number of ether oxygens (including phenoxy) is 2. The fourth-order valence-corrected chi connectivity index (χ4v) is 6.98. The zero-order chi connectivity index (χ0) is 23.0. The molecule has 0 aromatic heterocycles. The van der Waals surface area contributed by atoms with Crippen molar-refractivity contribution < 1.29 is 22.6 Å². The van der Waals surface area contributed by atoms with Gasteiger partial charge in [0.1, 0.15) is 12.5 Å². The molecule has 0 saturated carbocycles. The van der Waals surface area contributed by atoms with Crippen molar-refractivity contribution >= 4 is 0 Å². The Morgan fingerprint density at radius 1 is 0.879 bits per heavy atom. The van der Waals surface area contributed by atoms with E-state index < -0.39 is 24.6 Å². The van der Waals surface area contributed by atoms with Gasteiger partial charge < -0.3 is 15.2 Å². The second-order valence-corrected chi connectivity index (χ2v) is 10.7. The second-order valence-electron chi connectivity index (χ2n) is 10.7. The lowest BCUT2D eigenvalue weighted by molar-refractivity contribution is -0.211. The first-order valence-corrected chi connectivity index (χ1v) is 13.0. The predicted molar refractivity (Wildman–Crippen MR) is 118 cm³/mol. The van der Waals surface area contributed by atoms with Crippen LogP contribution in [0.5, 0.6) is 0 Å². The van der Waals surface area contributed by atoms with Crippen LogP contribution in [0.15, 0.2) is 0 Å². The molecule has 8 atom stereocenters. The molecule has 5 saturated heterocycles. The molecule has 5 aliphatic rings. The number of alkyl halides is 3. The number of halogens is 3. The molecule has 33 heavy (non-hydrogen) atoms. The first kappa shape index (κ1) is 24.2. The monoisotopic (exact) mass is 475 g/mol. The number of rotatable bonds is 1. The number of nitrogens with two attached hydrogens (primary N) is 1. The van der Waals surface area contributed by atoms with E-state index in [2.05, 4.69) is 21.1 Å². The Balaban J connectivity index is 1.40. The number of hydrogen-bond donors (Lipinski definition) is 4. The third-order valence-corrected chi connectivity index (χ3v) is 8.75. The minimum Gasteiger partial charge on any atom is -0.381 e. The van der Waals surface area contributed by atoms with E-state index >= 15 is 0 Å². The fourth-order valence-electron chi connectivity index (χ4n) is 6.98. The Labute approximate surface area is 194 Å². The minimum absolute atomic E-state index is 0.0859. The first-order chi connectivity index (χ1) is 15.9. The molecule has 5 rings (SSSR count). The summed E-state index contributed by atoms with van der Waals surface area (Å²) in [5.41, 5.74) is 12.5. The largest absolute Gasteiger partial charge is 0.395 e. The van der Waals surface area contributed by atoms with E-state index in [4.69, 9.17) is 15.2 Å². The summed E-state index contributed by atoms with van der Waals surface area (Å²) in [6, 6.07) is 0.0524. The van der Waals surface area contributed by atoms with Gasteiger partial charge in [-0.3, -0.25) is 10.2 Å². The highest BCUT2D eigenvalue weighted by atomic mass is 19.4. The standard InChI is InChI=1S/C23H40F3N5O2/c24-23(25,26)17-7-3-1-2-5-15-6-4-10-31(15)20-16(14-8-11-32-12-9-14)13-18(27)19(28-20)22-30-29-21(17)33-22/h14-22,28-30H,1-13,27H2/t15-,16?,17?,18?,19?,20?,21?,22?/m1/s1. The summed E-state index contributed by atoms with van der Waals surface area (Å²) in [6.45, 7) is 2.67. The maximum absolute atomic E-state index is 13.8. The minimum atomic E-state index is -4.30. The van der Waals surface area contributed by atoms with Crippen LogP contribution in [0.3, 0.4) is 0 Å². The van der Waals surface area contributed by atoms with Crippen molar-refractivity contribution in [2.24, 2.45) is 23.5 Å². The van der Waals surface area contributed by atoms with Crippen molar-refractivity contribution in [3.8, 4) is 0 Å². The highest BCUT2D eigenvalue weighted by molar-refractivity contribution is 5.02. The number of fused-ring (bicyclic) bond motifs is 7. The average Bonchev–Trinajstić information content (AvgIpc) is 3.45. The van der Waals surface area contributed by atoms with Crippen LogP contribution >= 0.6 is 0 Å². The van der Waals surface area contributed by atoms with E-state index in [0.29, 0.717) is 24.3 Å². The van der Waals surface area contributed by atoms with Crippen molar-refractivity contribution in [1.82, 2.24) is 21.1 Å². The zero-order valence-corrected chi connectivity index (χ0v) is 19.4. The normalized spacial score (nSPS) is 44.4. The molecule has 7 unspecified atom stereocenters.